The molecule has 2 aromatic carbocycles. The van der Waals surface area contributed by atoms with E-state index in [1.165, 1.54) is 36.3 Å². The number of carbonyl (C=O) groups is 3. The van der Waals surface area contributed by atoms with Crippen LogP contribution in [0.1, 0.15) is 15.9 Å². The topological polar surface area (TPSA) is 95.9 Å². The molecule has 0 saturated carbocycles. The number of hydrogen-bond acceptors (Lipinski definition) is 6. The zero-order valence-electron chi connectivity index (χ0n) is 15.6. The van der Waals surface area contributed by atoms with E-state index >= 15 is 0 Å². The van der Waals surface area contributed by atoms with Crippen LogP contribution in [0.3, 0.4) is 0 Å². The molecule has 3 rings (SSSR count). The summed E-state index contributed by atoms with van der Waals surface area (Å²) >= 11 is 0. The second kappa shape index (κ2) is 8.66. The smallest absolute Gasteiger partial charge is 0.337 e. The molecule has 0 radical (unpaired) electrons. The van der Waals surface area contributed by atoms with E-state index in [1.54, 1.807) is 24.3 Å². The van der Waals surface area contributed by atoms with Crippen LogP contribution in [-0.4, -0.2) is 54.5 Å². The highest BCUT2D eigenvalue weighted by atomic mass is 19.1. The van der Waals surface area contributed by atoms with E-state index in [2.05, 4.69) is 5.32 Å². The number of esters is 1. The van der Waals surface area contributed by atoms with E-state index < -0.39 is 17.7 Å². The summed E-state index contributed by atoms with van der Waals surface area (Å²) in [5.74, 6) is -1.99. The van der Waals surface area contributed by atoms with Crippen LogP contribution >= 0.6 is 0 Å². The van der Waals surface area contributed by atoms with Gasteiger partial charge in [0.15, 0.2) is 5.78 Å². The van der Waals surface area contributed by atoms with Crippen molar-refractivity contribution in [1.29, 1.82) is 0 Å². The van der Waals surface area contributed by atoms with Crippen molar-refractivity contribution in [2.45, 2.75) is 0 Å². The number of para-hydroxylation sites is 1. The first-order valence-electron chi connectivity index (χ1n) is 8.84. The normalized spacial score (nSPS) is 13.6. The second-order valence-corrected chi connectivity index (χ2v) is 6.30. The number of nitrogens with one attached hydrogen (secondary N) is 1. The van der Waals surface area contributed by atoms with Crippen LogP contribution in [0.5, 0.6) is 0 Å². The number of aliphatic hydroxyl groups is 1. The van der Waals surface area contributed by atoms with Crippen molar-refractivity contribution < 1.29 is 28.6 Å². The zero-order chi connectivity index (χ0) is 21.0. The highest BCUT2D eigenvalue weighted by molar-refractivity contribution is 6.14. The van der Waals surface area contributed by atoms with Gasteiger partial charge in [-0.2, -0.15) is 0 Å². The number of benzene rings is 2. The molecule has 0 spiro atoms. The first-order chi connectivity index (χ1) is 14.0. The molecule has 0 fully saturated rings. The van der Waals surface area contributed by atoms with Crippen LogP contribution < -0.4 is 5.32 Å². The van der Waals surface area contributed by atoms with E-state index in [1.807, 2.05) is 0 Å². The summed E-state index contributed by atoms with van der Waals surface area (Å²) in [7, 11) is 1.21. The predicted molar refractivity (Wildman–Crippen MR) is 103 cm³/mol. The lowest BCUT2D eigenvalue weighted by Gasteiger charge is -2.16. The minimum absolute atomic E-state index is 0.00958. The van der Waals surface area contributed by atoms with Gasteiger partial charge in [0.05, 0.1) is 25.8 Å². The highest BCUT2D eigenvalue weighted by Crippen LogP contribution is 2.26. The molecule has 150 valence electrons. The predicted octanol–water partition coefficient (Wildman–Crippen LogP) is 1.73. The molecule has 0 bridgehead atoms. The van der Waals surface area contributed by atoms with Crippen molar-refractivity contribution in [1.82, 2.24) is 4.90 Å². The fourth-order valence-corrected chi connectivity index (χ4v) is 3.03. The Morgan fingerprint density at radius 2 is 1.86 bits per heavy atom. The van der Waals surface area contributed by atoms with Gasteiger partial charge in [0.25, 0.3) is 5.91 Å². The maximum Gasteiger partial charge on any atom is 0.337 e. The molecule has 2 aromatic rings. The molecular weight excluding hydrogens is 379 g/mol. The third-order valence-electron chi connectivity index (χ3n) is 4.49. The summed E-state index contributed by atoms with van der Waals surface area (Å²) in [6.45, 7) is -0.212. The lowest BCUT2D eigenvalue weighted by atomic mass is 10.0. The summed E-state index contributed by atoms with van der Waals surface area (Å²) in [6.07, 6.45) is 0. The Morgan fingerprint density at radius 1 is 1.17 bits per heavy atom. The van der Waals surface area contributed by atoms with Gasteiger partial charge in [0.1, 0.15) is 11.5 Å². The quantitative estimate of drug-likeness (QED) is 0.545. The van der Waals surface area contributed by atoms with Crippen molar-refractivity contribution in [3.8, 4) is 0 Å². The van der Waals surface area contributed by atoms with Crippen molar-refractivity contribution in [2.75, 3.05) is 32.1 Å². The molecule has 1 aliphatic heterocycles. The van der Waals surface area contributed by atoms with Gasteiger partial charge < -0.3 is 20.1 Å². The van der Waals surface area contributed by atoms with Gasteiger partial charge in [0.2, 0.25) is 0 Å². The Morgan fingerprint density at radius 3 is 2.52 bits per heavy atom. The third-order valence-corrected chi connectivity index (χ3v) is 4.49. The number of hydrogen-bond donors (Lipinski definition) is 2. The van der Waals surface area contributed by atoms with Gasteiger partial charge in [-0.05, 0) is 36.4 Å². The van der Waals surface area contributed by atoms with Gasteiger partial charge in [-0.3, -0.25) is 9.59 Å². The molecule has 0 unspecified atom stereocenters. The standard InChI is InChI=1S/C21H19FN2O5/c1-29-21(28)16-12-24(10-11-25)20(27)18(16)23-17-5-3-2-4-15(17)19(26)13-6-8-14(22)9-7-13/h2-9,23,25H,10-12H2,1H3. The molecule has 1 aliphatic rings. The first kappa shape index (κ1) is 20.2. The maximum atomic E-state index is 13.2. The molecule has 0 atom stereocenters. The van der Waals surface area contributed by atoms with Crippen molar-refractivity contribution in [3.63, 3.8) is 0 Å². The third kappa shape index (κ3) is 4.17. The summed E-state index contributed by atoms with van der Waals surface area (Å²) in [5.41, 5.74) is 0.948. The average molecular weight is 398 g/mol. The molecule has 8 heteroatoms. The van der Waals surface area contributed by atoms with Gasteiger partial charge in [-0.25, -0.2) is 9.18 Å². The summed E-state index contributed by atoms with van der Waals surface area (Å²) in [4.78, 5) is 39.0. The summed E-state index contributed by atoms with van der Waals surface area (Å²) < 4.78 is 17.9. The number of anilines is 1. The number of carbonyl (C=O) groups excluding carboxylic acids is 3. The Balaban J connectivity index is 1.97. The zero-order valence-corrected chi connectivity index (χ0v) is 15.6. The lowest BCUT2D eigenvalue weighted by molar-refractivity contribution is -0.136. The number of β-amino-alcohol motifs (C(OH)–C–C–N with tert-alkyl or cyclic N) is 1. The largest absolute Gasteiger partial charge is 0.466 e. The van der Waals surface area contributed by atoms with Gasteiger partial charge in [-0.15, -0.1) is 0 Å². The number of halogens is 1. The fourth-order valence-electron chi connectivity index (χ4n) is 3.03. The van der Waals surface area contributed by atoms with Gasteiger partial charge in [-0.1, -0.05) is 12.1 Å². The van der Waals surface area contributed by atoms with E-state index in [0.717, 1.165) is 0 Å². The van der Waals surface area contributed by atoms with Crippen LogP contribution in [0, 0.1) is 5.82 Å². The number of aliphatic hydroxyl groups excluding tert-OH is 1. The molecule has 1 amide bonds. The summed E-state index contributed by atoms with van der Waals surface area (Å²) in [5, 5.41) is 12.0. The summed E-state index contributed by atoms with van der Waals surface area (Å²) in [6, 6.07) is 11.6. The minimum Gasteiger partial charge on any atom is -0.466 e. The van der Waals surface area contributed by atoms with E-state index in [-0.39, 0.29) is 47.9 Å². The van der Waals surface area contributed by atoms with Gasteiger partial charge in [0, 0.05) is 23.4 Å². The maximum absolute atomic E-state index is 13.2. The molecule has 2 N–H and O–H groups in total. The lowest BCUT2D eigenvalue weighted by Crippen LogP contribution is -2.31. The monoisotopic (exact) mass is 398 g/mol. The molecule has 1 heterocycles. The number of ether oxygens (including phenoxy) is 1. The van der Waals surface area contributed by atoms with Gasteiger partial charge >= 0.3 is 5.97 Å². The minimum atomic E-state index is -0.677. The van der Waals surface area contributed by atoms with Crippen molar-refractivity contribution in [3.05, 3.63) is 76.7 Å². The van der Waals surface area contributed by atoms with Crippen LogP contribution in [0.25, 0.3) is 0 Å². The van der Waals surface area contributed by atoms with Crippen LogP contribution in [0.4, 0.5) is 10.1 Å². The molecule has 29 heavy (non-hydrogen) atoms. The molecular formula is C21H19FN2O5. The Kier molecular flexibility index (Phi) is 6.04. The fraction of sp³-hybridized carbons (Fsp3) is 0.190. The Labute approximate surface area is 166 Å². The number of methoxy groups -OCH3 is 1. The molecule has 7 nitrogen and oxygen atoms in total. The second-order valence-electron chi connectivity index (χ2n) is 6.30. The van der Waals surface area contributed by atoms with Crippen LogP contribution in [0.15, 0.2) is 59.8 Å². The van der Waals surface area contributed by atoms with Crippen molar-refractivity contribution in [2.24, 2.45) is 0 Å². The molecule has 0 aromatic heterocycles. The van der Waals surface area contributed by atoms with Crippen molar-refractivity contribution >= 4 is 23.3 Å². The van der Waals surface area contributed by atoms with Crippen LogP contribution in [-0.2, 0) is 14.3 Å². The first-order valence-corrected chi connectivity index (χ1v) is 8.84. The SMILES string of the molecule is COC(=O)C1=C(Nc2ccccc2C(=O)c2ccc(F)cc2)C(=O)N(CCO)C1. The Bertz CT molecular complexity index is 985. The molecule has 0 saturated heterocycles. The number of ketones is 1. The van der Waals surface area contributed by atoms with Crippen LogP contribution in [0.2, 0.25) is 0 Å². The van der Waals surface area contributed by atoms with E-state index in [9.17, 15) is 18.8 Å². The highest BCUT2D eigenvalue weighted by Gasteiger charge is 2.35. The van der Waals surface area contributed by atoms with E-state index in [0.29, 0.717) is 5.69 Å². The van der Waals surface area contributed by atoms with E-state index in [4.69, 9.17) is 9.84 Å². The molecule has 0 aliphatic carbocycles. The number of rotatable bonds is 7. The average Bonchev–Trinajstić information content (AvgIpc) is 3.04. The number of nitrogens with zero attached hydrogens (tertiary/aromatic N) is 1. The number of amides is 1. The Hall–Kier alpha value is -3.52.